The first-order valence-corrected chi connectivity index (χ1v) is 7.92. The Morgan fingerprint density at radius 3 is 2.59 bits per heavy atom. The minimum atomic E-state index is -3.24. The molecule has 0 aromatic heterocycles. The van der Waals surface area contributed by atoms with Crippen LogP contribution in [-0.4, -0.2) is 49.2 Å². The lowest BCUT2D eigenvalue weighted by atomic mass is 10.1. The molecule has 17 heavy (non-hydrogen) atoms. The maximum Gasteiger partial charge on any atom is 0.282 e. The summed E-state index contributed by atoms with van der Waals surface area (Å²) in [5.74, 6) is 0.338. The van der Waals surface area contributed by atoms with Crippen molar-refractivity contribution < 1.29 is 8.42 Å². The summed E-state index contributed by atoms with van der Waals surface area (Å²) in [6, 6.07) is 0.144. The molecule has 6 heteroatoms. The van der Waals surface area contributed by atoms with E-state index in [0.29, 0.717) is 32.1 Å². The summed E-state index contributed by atoms with van der Waals surface area (Å²) in [6.07, 6.45) is 4.00. The fraction of sp³-hybridized carbons (Fsp3) is 1.00. The molecule has 100 valence electrons. The molecule has 2 aliphatic heterocycles. The highest BCUT2D eigenvalue weighted by atomic mass is 32.2. The van der Waals surface area contributed by atoms with Crippen LogP contribution in [0.1, 0.15) is 32.6 Å². The molecule has 2 rings (SSSR count). The molecular weight excluding hydrogens is 238 g/mol. The zero-order valence-electron chi connectivity index (χ0n) is 10.5. The van der Waals surface area contributed by atoms with Crippen molar-refractivity contribution in [3.8, 4) is 0 Å². The van der Waals surface area contributed by atoms with E-state index in [4.69, 9.17) is 5.73 Å². The normalized spacial score (nSPS) is 33.1. The molecule has 2 N–H and O–H groups in total. The molecule has 0 radical (unpaired) electrons. The van der Waals surface area contributed by atoms with Crippen molar-refractivity contribution in [2.75, 3.05) is 26.2 Å². The second kappa shape index (κ2) is 5.22. The molecule has 2 saturated heterocycles. The van der Waals surface area contributed by atoms with Gasteiger partial charge < -0.3 is 5.73 Å². The van der Waals surface area contributed by atoms with Crippen LogP contribution in [0.15, 0.2) is 0 Å². The number of nitrogens with zero attached hydrogens (tertiary/aromatic N) is 2. The Hall–Kier alpha value is -0.170. The van der Waals surface area contributed by atoms with Crippen molar-refractivity contribution in [2.24, 2.45) is 11.7 Å². The first-order chi connectivity index (χ1) is 8.05. The maximum atomic E-state index is 12.5. The van der Waals surface area contributed by atoms with Crippen LogP contribution < -0.4 is 5.73 Å². The summed E-state index contributed by atoms with van der Waals surface area (Å²) in [4.78, 5) is 0. The molecule has 0 bridgehead atoms. The van der Waals surface area contributed by atoms with Crippen molar-refractivity contribution in [1.82, 2.24) is 8.61 Å². The Morgan fingerprint density at radius 1 is 1.24 bits per heavy atom. The lowest BCUT2D eigenvalue weighted by Crippen LogP contribution is -2.49. The third kappa shape index (κ3) is 2.65. The van der Waals surface area contributed by atoms with Gasteiger partial charge in [0, 0.05) is 25.7 Å². The molecule has 0 aromatic carbocycles. The van der Waals surface area contributed by atoms with Crippen LogP contribution in [0.2, 0.25) is 0 Å². The van der Waals surface area contributed by atoms with Crippen LogP contribution in [0.5, 0.6) is 0 Å². The Balaban J connectivity index is 2.08. The van der Waals surface area contributed by atoms with Gasteiger partial charge in [-0.1, -0.05) is 6.42 Å². The molecule has 0 aromatic rings. The van der Waals surface area contributed by atoms with E-state index in [2.05, 4.69) is 0 Å². The first kappa shape index (κ1) is 13.3. The van der Waals surface area contributed by atoms with Crippen LogP contribution in [0.25, 0.3) is 0 Å². The number of rotatable bonds is 3. The van der Waals surface area contributed by atoms with E-state index < -0.39 is 10.2 Å². The fourth-order valence-corrected chi connectivity index (χ4v) is 4.71. The Bertz CT molecular complexity index is 358. The Kier molecular flexibility index (Phi) is 4.07. The lowest BCUT2D eigenvalue weighted by Gasteiger charge is -2.35. The SMILES string of the molecule is CC1CCCCN1S(=O)(=O)N1CCC(CN)C1. The van der Waals surface area contributed by atoms with Crippen molar-refractivity contribution in [1.29, 1.82) is 0 Å². The van der Waals surface area contributed by atoms with Crippen LogP contribution in [0, 0.1) is 5.92 Å². The molecule has 0 saturated carbocycles. The van der Waals surface area contributed by atoms with Crippen LogP contribution in [0.3, 0.4) is 0 Å². The summed E-state index contributed by atoms with van der Waals surface area (Å²) >= 11 is 0. The van der Waals surface area contributed by atoms with E-state index in [1.165, 1.54) is 0 Å². The Labute approximate surface area is 104 Å². The predicted molar refractivity (Wildman–Crippen MR) is 67.7 cm³/mol. The monoisotopic (exact) mass is 261 g/mol. The van der Waals surface area contributed by atoms with Gasteiger partial charge in [-0.3, -0.25) is 0 Å². The summed E-state index contributed by atoms with van der Waals surface area (Å²) in [6.45, 7) is 4.50. The Morgan fingerprint density at radius 2 is 2.00 bits per heavy atom. The third-order valence-corrected chi connectivity index (χ3v) is 6.07. The average Bonchev–Trinajstić information content (AvgIpc) is 2.78. The standard InChI is InChI=1S/C11H23N3O2S/c1-10-4-2-3-6-14(10)17(15,16)13-7-5-11(8-12)9-13/h10-11H,2-9,12H2,1H3. The van der Waals surface area contributed by atoms with E-state index in [0.717, 1.165) is 25.7 Å². The number of hydrogen-bond donors (Lipinski definition) is 1. The molecule has 0 spiro atoms. The van der Waals surface area contributed by atoms with Gasteiger partial charge in [-0.05, 0) is 38.6 Å². The van der Waals surface area contributed by atoms with Crippen LogP contribution >= 0.6 is 0 Å². The fourth-order valence-electron chi connectivity index (χ4n) is 2.76. The molecular formula is C11H23N3O2S. The minimum Gasteiger partial charge on any atom is -0.330 e. The molecule has 0 amide bonds. The van der Waals surface area contributed by atoms with Gasteiger partial charge in [0.1, 0.15) is 0 Å². The highest BCUT2D eigenvalue weighted by molar-refractivity contribution is 7.86. The summed E-state index contributed by atoms with van der Waals surface area (Å²) in [5, 5.41) is 0. The van der Waals surface area contributed by atoms with E-state index >= 15 is 0 Å². The molecule has 2 atom stereocenters. The molecule has 2 fully saturated rings. The van der Waals surface area contributed by atoms with Crippen molar-refractivity contribution in [3.63, 3.8) is 0 Å². The topological polar surface area (TPSA) is 66.6 Å². The van der Waals surface area contributed by atoms with Gasteiger partial charge in [0.2, 0.25) is 0 Å². The largest absolute Gasteiger partial charge is 0.330 e. The summed E-state index contributed by atoms with van der Waals surface area (Å²) in [7, 11) is -3.24. The zero-order valence-corrected chi connectivity index (χ0v) is 11.3. The lowest BCUT2D eigenvalue weighted by molar-refractivity contribution is 0.249. The van der Waals surface area contributed by atoms with E-state index in [-0.39, 0.29) is 6.04 Å². The van der Waals surface area contributed by atoms with E-state index in [9.17, 15) is 8.42 Å². The van der Waals surface area contributed by atoms with Gasteiger partial charge >= 0.3 is 0 Å². The highest BCUT2D eigenvalue weighted by Crippen LogP contribution is 2.26. The molecule has 0 aliphatic carbocycles. The smallest absolute Gasteiger partial charge is 0.282 e. The molecule has 2 aliphatic rings. The summed E-state index contributed by atoms with van der Waals surface area (Å²) in [5.41, 5.74) is 5.61. The third-order valence-electron chi connectivity index (χ3n) is 3.95. The average molecular weight is 261 g/mol. The number of hydrogen-bond acceptors (Lipinski definition) is 3. The van der Waals surface area contributed by atoms with Gasteiger partial charge in [-0.15, -0.1) is 0 Å². The van der Waals surface area contributed by atoms with Crippen molar-refractivity contribution in [2.45, 2.75) is 38.6 Å². The second-order valence-electron chi connectivity index (χ2n) is 5.21. The number of piperidine rings is 1. The molecule has 2 unspecified atom stereocenters. The van der Waals surface area contributed by atoms with Gasteiger partial charge in [0.25, 0.3) is 10.2 Å². The molecule has 5 nitrogen and oxygen atoms in total. The van der Waals surface area contributed by atoms with E-state index in [1.54, 1.807) is 8.61 Å². The van der Waals surface area contributed by atoms with Gasteiger partial charge in [-0.2, -0.15) is 17.0 Å². The highest BCUT2D eigenvalue weighted by Gasteiger charge is 2.37. The van der Waals surface area contributed by atoms with Gasteiger partial charge in [-0.25, -0.2) is 0 Å². The first-order valence-electron chi connectivity index (χ1n) is 6.52. The van der Waals surface area contributed by atoms with Crippen LogP contribution in [0.4, 0.5) is 0 Å². The predicted octanol–water partition coefficient (Wildman–Crippen LogP) is 0.386. The minimum absolute atomic E-state index is 0.144. The van der Waals surface area contributed by atoms with Crippen molar-refractivity contribution >= 4 is 10.2 Å². The summed E-state index contributed by atoms with van der Waals surface area (Å²) < 4.78 is 28.2. The second-order valence-corrected chi connectivity index (χ2v) is 7.09. The van der Waals surface area contributed by atoms with Gasteiger partial charge in [0.05, 0.1) is 0 Å². The number of nitrogens with two attached hydrogens (primary N) is 1. The quantitative estimate of drug-likeness (QED) is 0.799. The van der Waals surface area contributed by atoms with Crippen LogP contribution in [-0.2, 0) is 10.2 Å². The zero-order chi connectivity index (χ0) is 12.5. The molecule has 2 heterocycles. The van der Waals surface area contributed by atoms with Crippen molar-refractivity contribution in [3.05, 3.63) is 0 Å². The maximum absolute atomic E-state index is 12.5. The van der Waals surface area contributed by atoms with E-state index in [1.807, 2.05) is 6.92 Å². The van der Waals surface area contributed by atoms with Gasteiger partial charge in [0.15, 0.2) is 0 Å².